The van der Waals surface area contributed by atoms with Gasteiger partial charge in [-0.15, -0.1) is 0 Å². The lowest BCUT2D eigenvalue weighted by molar-refractivity contribution is -0.134. The minimum absolute atomic E-state index is 0.175. The molecule has 1 atom stereocenters. The zero-order valence-electron chi connectivity index (χ0n) is 21.0. The normalized spacial score (nSPS) is 17.1. The summed E-state index contributed by atoms with van der Waals surface area (Å²) >= 11 is 0. The van der Waals surface area contributed by atoms with Gasteiger partial charge in [-0.05, 0) is 28.8 Å². The van der Waals surface area contributed by atoms with E-state index in [9.17, 15) is 10.1 Å². The van der Waals surface area contributed by atoms with Gasteiger partial charge in [0.15, 0.2) is 11.5 Å². The summed E-state index contributed by atoms with van der Waals surface area (Å²) in [4.78, 5) is 32.8. The highest BCUT2D eigenvalue weighted by atomic mass is 28.3. The fourth-order valence-electron chi connectivity index (χ4n) is 4.03. The molecule has 3 aromatic rings. The predicted molar refractivity (Wildman–Crippen MR) is 142 cm³/mol. The Bertz CT molecular complexity index is 1370. The summed E-state index contributed by atoms with van der Waals surface area (Å²) in [5.41, 5.74) is 8.32. The number of nitriles is 1. The minimum atomic E-state index is -1.50. The van der Waals surface area contributed by atoms with Gasteiger partial charge in [-0.2, -0.15) is 5.26 Å². The molecular formula is C27H29N5O3Si. The van der Waals surface area contributed by atoms with Crippen LogP contribution in [0.5, 0.6) is 0 Å². The van der Waals surface area contributed by atoms with Crippen LogP contribution in [0.1, 0.15) is 23.6 Å². The third kappa shape index (κ3) is 5.04. The van der Waals surface area contributed by atoms with Crippen molar-refractivity contribution in [3.05, 3.63) is 83.7 Å². The Hall–Kier alpha value is -4.29. The first-order chi connectivity index (χ1) is 16.9. The number of hydrogen-bond donors (Lipinski definition) is 2. The van der Waals surface area contributed by atoms with E-state index in [-0.39, 0.29) is 11.9 Å². The van der Waals surface area contributed by atoms with E-state index in [4.69, 9.17) is 20.6 Å². The maximum absolute atomic E-state index is 13.6. The summed E-state index contributed by atoms with van der Waals surface area (Å²) in [7, 11) is 0.137. The van der Waals surface area contributed by atoms with Gasteiger partial charge in [-0.1, -0.05) is 67.3 Å². The molecule has 8 nitrogen and oxygen atoms in total. The van der Waals surface area contributed by atoms with Crippen LogP contribution in [0.25, 0.3) is 11.1 Å². The Morgan fingerprint density at radius 1 is 1.11 bits per heavy atom. The van der Waals surface area contributed by atoms with Crippen molar-refractivity contribution in [3.63, 3.8) is 0 Å². The molecule has 0 radical (unpaired) electrons. The summed E-state index contributed by atoms with van der Waals surface area (Å²) < 4.78 is 0. The number of aliphatic imine (C=N–C) groups is 1. The number of amides is 1. The molecule has 1 aliphatic heterocycles. The lowest BCUT2D eigenvalue weighted by Gasteiger charge is -2.27. The molecule has 36 heavy (non-hydrogen) atoms. The van der Waals surface area contributed by atoms with Gasteiger partial charge >= 0.3 is 0 Å². The van der Waals surface area contributed by atoms with Gasteiger partial charge in [-0.25, -0.2) is 4.99 Å². The van der Waals surface area contributed by atoms with Crippen LogP contribution in [-0.4, -0.2) is 47.9 Å². The molecule has 0 saturated carbocycles. The molecule has 1 aromatic heterocycles. The first-order valence-electron chi connectivity index (χ1n) is 11.3. The van der Waals surface area contributed by atoms with Crippen LogP contribution in [0.15, 0.2) is 72.0 Å². The Kier molecular flexibility index (Phi) is 7.41. The number of carboxylic acid groups (broad SMARTS) is 1. The number of carbonyl (C=O) groups is 2. The van der Waals surface area contributed by atoms with Crippen molar-refractivity contribution in [2.24, 2.45) is 10.7 Å². The van der Waals surface area contributed by atoms with Crippen molar-refractivity contribution >= 4 is 31.1 Å². The van der Waals surface area contributed by atoms with Crippen molar-refractivity contribution in [1.82, 2.24) is 9.88 Å². The zero-order valence-corrected chi connectivity index (χ0v) is 22.0. The van der Waals surface area contributed by atoms with E-state index >= 15 is 0 Å². The van der Waals surface area contributed by atoms with Crippen LogP contribution in [0.2, 0.25) is 19.6 Å². The molecule has 4 rings (SSSR count). The van der Waals surface area contributed by atoms with Crippen LogP contribution in [0.3, 0.4) is 0 Å². The first-order valence-corrected chi connectivity index (χ1v) is 14.8. The number of pyridine rings is 1. The van der Waals surface area contributed by atoms with Crippen LogP contribution in [0.4, 0.5) is 0 Å². The average molecular weight is 500 g/mol. The standard InChI is InChI=1S/C25H25N5OSi.C2H4O2/c1-30-23(31)25(29-24(30)27,19-8-10-21(11-9-19)32(2,3)4)20-7-5-6-17(14-20)22-16-28-13-12-18(22)15-26;1-2(3)4/h5-14,16H,1-4H3,(H2,27,29);1H3,(H,3,4). The molecule has 2 heterocycles. The largest absolute Gasteiger partial charge is 0.481 e. The number of nitrogens with two attached hydrogens (primary N) is 1. The molecule has 0 spiro atoms. The zero-order chi connectivity index (χ0) is 26.7. The minimum Gasteiger partial charge on any atom is -0.481 e. The molecule has 0 aliphatic carbocycles. The Balaban J connectivity index is 0.000000840. The predicted octanol–water partition coefficient (Wildman–Crippen LogP) is 3.29. The number of likely N-dealkylation sites (N-methyl/N-ethyl adjacent to an activating group) is 1. The fraction of sp³-hybridized carbons (Fsp3) is 0.222. The SMILES string of the molecule is CC(=O)O.CN1C(=O)C(c2ccc([Si](C)(C)C)cc2)(c2cccc(-c3cnccc3C#N)c2)N=C1N. The molecule has 9 heteroatoms. The van der Waals surface area contributed by atoms with E-state index < -0.39 is 19.6 Å². The van der Waals surface area contributed by atoms with Crippen molar-refractivity contribution in [1.29, 1.82) is 5.26 Å². The lowest BCUT2D eigenvalue weighted by atomic mass is 9.81. The van der Waals surface area contributed by atoms with Gasteiger partial charge in [-0.3, -0.25) is 19.5 Å². The highest BCUT2D eigenvalue weighted by Crippen LogP contribution is 2.40. The number of aromatic nitrogens is 1. The lowest BCUT2D eigenvalue weighted by Crippen LogP contribution is -2.42. The number of rotatable bonds is 4. The summed E-state index contributed by atoms with van der Waals surface area (Å²) in [5.74, 6) is -0.867. The van der Waals surface area contributed by atoms with Gasteiger partial charge in [0.1, 0.15) is 0 Å². The van der Waals surface area contributed by atoms with Crippen LogP contribution >= 0.6 is 0 Å². The molecular weight excluding hydrogens is 470 g/mol. The van der Waals surface area contributed by atoms with E-state index in [2.05, 4.69) is 42.8 Å². The molecule has 3 N–H and O–H groups in total. The number of carbonyl (C=O) groups excluding carboxylic acids is 1. The third-order valence-electron chi connectivity index (χ3n) is 5.94. The summed E-state index contributed by atoms with van der Waals surface area (Å²) in [5, 5.41) is 18.2. The second kappa shape index (κ2) is 10.1. The van der Waals surface area contributed by atoms with E-state index in [1.165, 1.54) is 10.1 Å². The molecule has 1 aliphatic rings. The number of benzene rings is 2. The van der Waals surface area contributed by atoms with Gasteiger partial charge < -0.3 is 10.8 Å². The Labute approximate surface area is 211 Å². The summed E-state index contributed by atoms with van der Waals surface area (Å²) in [6.07, 6.45) is 3.25. The van der Waals surface area contributed by atoms with Crippen LogP contribution < -0.4 is 10.9 Å². The highest BCUT2D eigenvalue weighted by molar-refractivity contribution is 6.88. The number of hydrogen-bond acceptors (Lipinski definition) is 6. The Morgan fingerprint density at radius 2 is 1.75 bits per heavy atom. The van der Waals surface area contributed by atoms with Crippen molar-refractivity contribution < 1.29 is 14.7 Å². The van der Waals surface area contributed by atoms with E-state index in [0.29, 0.717) is 16.7 Å². The number of guanidine groups is 1. The smallest absolute Gasteiger partial charge is 0.300 e. The molecule has 184 valence electrons. The fourth-order valence-corrected chi connectivity index (χ4v) is 5.20. The molecule has 0 bridgehead atoms. The summed E-state index contributed by atoms with van der Waals surface area (Å²) in [6.45, 7) is 7.94. The van der Waals surface area contributed by atoms with Gasteiger partial charge in [0.2, 0.25) is 0 Å². The van der Waals surface area contributed by atoms with Crippen LogP contribution in [-0.2, 0) is 15.1 Å². The molecule has 0 fully saturated rings. The highest BCUT2D eigenvalue weighted by Gasteiger charge is 2.49. The number of aliphatic carboxylic acids is 1. The van der Waals surface area contributed by atoms with Crippen molar-refractivity contribution in [2.45, 2.75) is 32.1 Å². The monoisotopic (exact) mass is 499 g/mol. The van der Waals surface area contributed by atoms with E-state index in [0.717, 1.165) is 18.1 Å². The third-order valence-corrected chi connectivity index (χ3v) is 8.01. The second-order valence-corrected chi connectivity index (χ2v) is 14.6. The van der Waals surface area contributed by atoms with Crippen molar-refractivity contribution in [3.8, 4) is 17.2 Å². The van der Waals surface area contributed by atoms with E-state index in [1.807, 2.05) is 36.4 Å². The maximum atomic E-state index is 13.6. The van der Waals surface area contributed by atoms with Gasteiger partial charge in [0.05, 0.1) is 19.7 Å². The second-order valence-electron chi connectivity index (χ2n) is 9.50. The maximum Gasteiger partial charge on any atom is 0.300 e. The first kappa shape index (κ1) is 26.3. The van der Waals surface area contributed by atoms with Gasteiger partial charge in [0.25, 0.3) is 11.9 Å². The van der Waals surface area contributed by atoms with E-state index in [1.54, 1.807) is 25.5 Å². The number of nitrogens with zero attached hydrogens (tertiary/aromatic N) is 4. The van der Waals surface area contributed by atoms with Crippen molar-refractivity contribution in [2.75, 3.05) is 7.05 Å². The quantitative estimate of drug-likeness (QED) is 0.529. The van der Waals surface area contributed by atoms with Gasteiger partial charge in [0, 0.05) is 31.9 Å². The van der Waals surface area contributed by atoms with Crippen LogP contribution in [0, 0.1) is 11.3 Å². The molecule has 2 aromatic carbocycles. The molecule has 0 saturated heterocycles. The molecule has 1 unspecified atom stereocenters. The topological polar surface area (TPSA) is 133 Å². The number of carboxylic acids is 1. The average Bonchev–Trinajstić information content (AvgIpc) is 3.08. The Morgan fingerprint density at radius 3 is 2.28 bits per heavy atom. The molecule has 1 amide bonds. The summed E-state index contributed by atoms with van der Waals surface area (Å²) in [6, 6.07) is 19.6.